The summed E-state index contributed by atoms with van der Waals surface area (Å²) in [6, 6.07) is 4.59. The average molecular weight is 303 g/mol. The van der Waals surface area contributed by atoms with Crippen molar-refractivity contribution in [2.24, 2.45) is 0 Å². The molecule has 2 aliphatic rings. The van der Waals surface area contributed by atoms with E-state index in [1.807, 2.05) is 0 Å². The molecule has 114 valence electrons. The zero-order valence-electron chi connectivity index (χ0n) is 11.7. The number of nitrogens with one attached hydrogen (secondary N) is 1. The summed E-state index contributed by atoms with van der Waals surface area (Å²) in [7, 11) is 0. The number of amides is 4. The zero-order chi connectivity index (χ0) is 16.1. The first-order valence-corrected chi connectivity index (χ1v) is 6.83. The number of rotatable bonds is 2. The summed E-state index contributed by atoms with van der Waals surface area (Å²) in [4.78, 5) is 49.9. The van der Waals surface area contributed by atoms with Crippen LogP contribution in [-0.2, 0) is 9.59 Å². The maximum absolute atomic E-state index is 12.7. The van der Waals surface area contributed by atoms with Gasteiger partial charge in [0.05, 0.1) is 11.1 Å². The van der Waals surface area contributed by atoms with Crippen molar-refractivity contribution in [2.75, 3.05) is 12.3 Å². The summed E-state index contributed by atoms with van der Waals surface area (Å²) in [5.41, 5.74) is 8.50. The normalized spacial score (nSPS) is 24.5. The first-order valence-electron chi connectivity index (χ1n) is 6.83. The van der Waals surface area contributed by atoms with Crippen molar-refractivity contribution >= 4 is 29.3 Å². The van der Waals surface area contributed by atoms with Crippen molar-refractivity contribution in [1.29, 1.82) is 0 Å². The summed E-state index contributed by atoms with van der Waals surface area (Å²) in [5, 5.41) is 2.19. The lowest BCUT2D eigenvalue weighted by atomic mass is 9.87. The molecule has 1 saturated heterocycles. The van der Waals surface area contributed by atoms with Gasteiger partial charge in [0, 0.05) is 12.1 Å². The van der Waals surface area contributed by atoms with Crippen molar-refractivity contribution in [2.45, 2.75) is 18.4 Å². The predicted molar refractivity (Wildman–Crippen MR) is 74.2 cm³/mol. The lowest BCUT2D eigenvalue weighted by Crippen LogP contribution is -2.75. The molecule has 0 aliphatic carbocycles. The molecule has 2 heterocycles. The van der Waals surface area contributed by atoms with E-state index in [0.717, 1.165) is 4.90 Å². The number of imide groups is 2. The fourth-order valence-electron chi connectivity index (χ4n) is 3.00. The minimum Gasteiger partial charge on any atom is -0.398 e. The Bertz CT molecular complexity index is 730. The third-order valence-electron chi connectivity index (χ3n) is 4.23. The van der Waals surface area contributed by atoms with Crippen molar-refractivity contribution in [3.8, 4) is 0 Å². The number of fused-ring (bicyclic) bond motifs is 1. The highest BCUT2D eigenvalue weighted by Crippen LogP contribution is 2.35. The number of nitrogens with two attached hydrogens (primary N) is 1. The standard InChI is InChI=1S/C14H14N4O4/c15-6-14(5-4-9(19)17-13(14)22)18-11(20)7-2-1-3-8(16)10(7)12(18)21/h1-3H,4-6,15-16H2,(H,17,19,22)/p+1. The average Bonchev–Trinajstić information content (AvgIpc) is 2.74. The molecule has 8 nitrogen and oxygen atoms in total. The Morgan fingerprint density at radius 1 is 1.23 bits per heavy atom. The first-order chi connectivity index (χ1) is 10.4. The molecule has 1 fully saturated rings. The van der Waals surface area contributed by atoms with Crippen LogP contribution in [0.25, 0.3) is 0 Å². The highest BCUT2D eigenvalue weighted by molar-refractivity contribution is 6.26. The van der Waals surface area contributed by atoms with Gasteiger partial charge in [0.2, 0.25) is 5.91 Å². The van der Waals surface area contributed by atoms with E-state index in [2.05, 4.69) is 11.1 Å². The van der Waals surface area contributed by atoms with E-state index < -0.39 is 29.2 Å². The number of nitrogen functional groups attached to an aromatic ring is 1. The van der Waals surface area contributed by atoms with Gasteiger partial charge in [-0.05, 0) is 18.6 Å². The summed E-state index contributed by atoms with van der Waals surface area (Å²) in [5.74, 6) is -2.30. The van der Waals surface area contributed by atoms with Crippen LogP contribution in [0.15, 0.2) is 18.2 Å². The first kappa shape index (κ1) is 14.2. The van der Waals surface area contributed by atoms with Crippen LogP contribution in [0.1, 0.15) is 33.6 Å². The minimum absolute atomic E-state index is 0.0164. The van der Waals surface area contributed by atoms with E-state index in [1.165, 1.54) is 12.1 Å². The molecule has 0 radical (unpaired) electrons. The Balaban J connectivity index is 2.11. The second-order valence-corrected chi connectivity index (χ2v) is 5.37. The lowest BCUT2D eigenvalue weighted by Gasteiger charge is -2.38. The Morgan fingerprint density at radius 3 is 2.55 bits per heavy atom. The summed E-state index contributed by atoms with van der Waals surface area (Å²) < 4.78 is 0. The molecule has 1 aromatic carbocycles. The maximum atomic E-state index is 12.7. The molecule has 1 aromatic rings. The molecule has 0 saturated carbocycles. The van der Waals surface area contributed by atoms with Gasteiger partial charge >= 0.3 is 0 Å². The fraction of sp³-hybridized carbons (Fsp3) is 0.286. The highest BCUT2D eigenvalue weighted by atomic mass is 16.2. The molecule has 0 aromatic heterocycles. The molecular formula is C14H15N4O4+. The van der Waals surface area contributed by atoms with Crippen LogP contribution in [0.5, 0.6) is 0 Å². The van der Waals surface area contributed by atoms with Crippen molar-refractivity contribution < 1.29 is 24.9 Å². The summed E-state index contributed by atoms with van der Waals surface area (Å²) in [6.45, 7) is -0.0164. The van der Waals surface area contributed by atoms with E-state index in [1.54, 1.807) is 6.07 Å². The molecule has 3 rings (SSSR count). The lowest BCUT2D eigenvalue weighted by molar-refractivity contribution is -0.384. The van der Waals surface area contributed by atoms with Crippen LogP contribution in [-0.4, -0.2) is 40.6 Å². The summed E-state index contributed by atoms with van der Waals surface area (Å²) >= 11 is 0. The largest absolute Gasteiger partial charge is 0.398 e. The highest BCUT2D eigenvalue weighted by Gasteiger charge is 2.56. The van der Waals surface area contributed by atoms with Crippen LogP contribution in [0.2, 0.25) is 0 Å². The second-order valence-electron chi connectivity index (χ2n) is 5.37. The number of hydrogen-bond donors (Lipinski definition) is 3. The van der Waals surface area contributed by atoms with Crippen molar-refractivity contribution in [3.63, 3.8) is 0 Å². The van der Waals surface area contributed by atoms with Gasteiger partial charge in [-0.25, -0.2) is 0 Å². The minimum atomic E-state index is -1.45. The monoisotopic (exact) mass is 303 g/mol. The molecule has 1 atom stereocenters. The smallest absolute Gasteiger partial charge is 0.264 e. The number of benzene rings is 1. The van der Waals surface area contributed by atoms with E-state index >= 15 is 0 Å². The Kier molecular flexibility index (Phi) is 2.99. The van der Waals surface area contributed by atoms with Gasteiger partial charge in [0.1, 0.15) is 6.54 Å². The third-order valence-corrected chi connectivity index (χ3v) is 4.23. The van der Waals surface area contributed by atoms with E-state index in [-0.39, 0.29) is 36.2 Å². The molecule has 0 spiro atoms. The quantitative estimate of drug-likeness (QED) is 0.441. The fourth-order valence-corrected chi connectivity index (χ4v) is 3.00. The second kappa shape index (κ2) is 4.63. The molecule has 4 amide bonds. The van der Waals surface area contributed by atoms with E-state index in [0.29, 0.717) is 0 Å². The van der Waals surface area contributed by atoms with Gasteiger partial charge in [-0.15, -0.1) is 0 Å². The SMILES string of the molecule is Nc1cccc2c1C(=O)N(C1(C[NH3+])CCC(=O)NC1=O)C2=O. The summed E-state index contributed by atoms with van der Waals surface area (Å²) in [6.07, 6.45) is 0.108. The number of quaternary nitrogens is 1. The molecule has 8 heteroatoms. The molecular weight excluding hydrogens is 288 g/mol. The van der Waals surface area contributed by atoms with Gasteiger partial charge < -0.3 is 11.5 Å². The Labute approximate surface area is 125 Å². The number of nitrogens with zero attached hydrogens (tertiary/aromatic N) is 1. The molecule has 0 bridgehead atoms. The van der Waals surface area contributed by atoms with Crippen LogP contribution < -0.4 is 16.8 Å². The van der Waals surface area contributed by atoms with Gasteiger partial charge in [-0.1, -0.05) is 6.07 Å². The van der Waals surface area contributed by atoms with Gasteiger partial charge in [0.15, 0.2) is 5.54 Å². The van der Waals surface area contributed by atoms with E-state index in [4.69, 9.17) is 5.73 Å². The molecule has 1 unspecified atom stereocenters. The van der Waals surface area contributed by atoms with Crippen LogP contribution >= 0.6 is 0 Å². The number of hydrogen-bond acceptors (Lipinski definition) is 5. The molecule has 2 aliphatic heterocycles. The van der Waals surface area contributed by atoms with Crippen molar-refractivity contribution in [3.05, 3.63) is 29.3 Å². The van der Waals surface area contributed by atoms with Gasteiger partial charge in [-0.3, -0.25) is 29.4 Å². The maximum Gasteiger partial charge on any atom is 0.264 e. The number of piperidine rings is 1. The van der Waals surface area contributed by atoms with Crippen LogP contribution in [0.3, 0.4) is 0 Å². The Hall–Kier alpha value is -2.74. The van der Waals surface area contributed by atoms with Crippen molar-refractivity contribution in [1.82, 2.24) is 10.2 Å². The number of carbonyl (C=O) groups is 4. The zero-order valence-corrected chi connectivity index (χ0v) is 11.7. The molecule has 6 N–H and O–H groups in total. The van der Waals surface area contributed by atoms with Gasteiger partial charge in [0.25, 0.3) is 17.7 Å². The number of anilines is 1. The van der Waals surface area contributed by atoms with Gasteiger partial charge in [-0.2, -0.15) is 0 Å². The predicted octanol–water partition coefficient (Wildman–Crippen LogP) is -1.72. The Morgan fingerprint density at radius 2 is 1.95 bits per heavy atom. The topological polar surface area (TPSA) is 137 Å². The third kappa shape index (κ3) is 1.67. The van der Waals surface area contributed by atoms with Crippen LogP contribution in [0.4, 0.5) is 5.69 Å². The molecule has 22 heavy (non-hydrogen) atoms. The number of carbonyl (C=O) groups excluding carboxylic acids is 4. The van der Waals surface area contributed by atoms with Crippen LogP contribution in [0, 0.1) is 0 Å². The van der Waals surface area contributed by atoms with E-state index in [9.17, 15) is 19.2 Å².